The largest absolute Gasteiger partial charge is 0.353 e. The minimum atomic E-state index is -3.26. The molecule has 0 unspecified atom stereocenters. The molecule has 0 amide bonds. The van der Waals surface area contributed by atoms with Crippen molar-refractivity contribution in [2.24, 2.45) is 0 Å². The Labute approximate surface area is 124 Å². The van der Waals surface area contributed by atoms with Crippen LogP contribution in [0.1, 0.15) is 13.8 Å². The van der Waals surface area contributed by atoms with Gasteiger partial charge in [0.1, 0.15) is 0 Å². The van der Waals surface area contributed by atoms with Crippen LogP contribution in [0.5, 0.6) is 0 Å². The second-order valence-electron chi connectivity index (χ2n) is 3.85. The Morgan fingerprint density at radius 2 is 1.85 bits per heavy atom. The number of nitrogens with one attached hydrogen (secondary N) is 2. The lowest BCUT2D eigenvalue weighted by Crippen LogP contribution is -2.27. The Balaban J connectivity index is 2.76. The van der Waals surface area contributed by atoms with Gasteiger partial charge in [-0.3, -0.25) is 0 Å². The van der Waals surface area contributed by atoms with Crippen molar-refractivity contribution >= 4 is 33.5 Å². The van der Waals surface area contributed by atoms with E-state index in [0.717, 1.165) is 13.1 Å². The fraction of sp³-hybridized carbons (Fsp3) is 0.700. The van der Waals surface area contributed by atoms with Crippen LogP contribution in [-0.2, 0) is 10.0 Å². The van der Waals surface area contributed by atoms with Gasteiger partial charge in [0, 0.05) is 19.6 Å². The van der Waals surface area contributed by atoms with E-state index in [0.29, 0.717) is 5.95 Å². The number of aromatic nitrogens is 3. The van der Waals surface area contributed by atoms with Crippen LogP contribution in [0.25, 0.3) is 0 Å². The van der Waals surface area contributed by atoms with Crippen LogP contribution >= 0.6 is 11.6 Å². The Morgan fingerprint density at radius 3 is 2.40 bits per heavy atom. The fourth-order valence-electron chi connectivity index (χ4n) is 1.47. The lowest BCUT2D eigenvalue weighted by Gasteiger charge is -2.18. The summed E-state index contributed by atoms with van der Waals surface area (Å²) in [5.41, 5.74) is 0. The smallest absolute Gasteiger partial charge is 0.231 e. The number of halogens is 1. The van der Waals surface area contributed by atoms with Crippen LogP contribution < -0.4 is 14.9 Å². The summed E-state index contributed by atoms with van der Waals surface area (Å²) in [7, 11) is -1.89. The molecular weight excluding hydrogens is 304 g/mol. The number of hydrogen-bond donors (Lipinski definition) is 2. The van der Waals surface area contributed by atoms with Crippen molar-refractivity contribution in [1.29, 1.82) is 0 Å². The van der Waals surface area contributed by atoms with Crippen molar-refractivity contribution in [3.05, 3.63) is 5.28 Å². The molecule has 1 aromatic heterocycles. The minimum absolute atomic E-state index is 0.0703. The maximum Gasteiger partial charge on any atom is 0.231 e. The summed E-state index contributed by atoms with van der Waals surface area (Å²) in [5, 5.41) is 2.90. The third-order valence-corrected chi connectivity index (χ3v) is 4.14. The van der Waals surface area contributed by atoms with Crippen molar-refractivity contribution in [1.82, 2.24) is 19.7 Å². The van der Waals surface area contributed by atoms with Crippen LogP contribution in [-0.4, -0.2) is 55.8 Å². The summed E-state index contributed by atoms with van der Waals surface area (Å²) in [6.45, 7) is 5.62. The Morgan fingerprint density at radius 1 is 1.20 bits per heavy atom. The minimum Gasteiger partial charge on any atom is -0.353 e. The summed E-state index contributed by atoms with van der Waals surface area (Å²) >= 11 is 5.84. The van der Waals surface area contributed by atoms with E-state index in [1.807, 2.05) is 18.7 Å². The molecule has 0 aliphatic heterocycles. The first kappa shape index (κ1) is 16.9. The molecule has 10 heteroatoms. The SMILES string of the molecule is CCN(CC)c1nc(Cl)nc(NCCS(=O)(=O)NC)n1. The topological polar surface area (TPSA) is 100 Å². The maximum atomic E-state index is 11.3. The van der Waals surface area contributed by atoms with Gasteiger partial charge < -0.3 is 10.2 Å². The van der Waals surface area contributed by atoms with E-state index in [1.54, 1.807) is 0 Å². The first-order valence-electron chi connectivity index (χ1n) is 6.23. The second kappa shape index (κ2) is 7.55. The zero-order valence-electron chi connectivity index (χ0n) is 11.7. The van der Waals surface area contributed by atoms with Crippen molar-refractivity contribution in [3.63, 3.8) is 0 Å². The van der Waals surface area contributed by atoms with E-state index in [9.17, 15) is 8.42 Å². The summed E-state index contributed by atoms with van der Waals surface area (Å²) in [5.74, 6) is 0.653. The third kappa shape index (κ3) is 5.06. The van der Waals surface area contributed by atoms with Crippen LogP contribution in [0.15, 0.2) is 0 Å². The molecule has 0 saturated carbocycles. The van der Waals surface area contributed by atoms with E-state index < -0.39 is 10.0 Å². The van der Waals surface area contributed by atoms with Gasteiger partial charge in [0.25, 0.3) is 0 Å². The van der Waals surface area contributed by atoms with Gasteiger partial charge in [-0.15, -0.1) is 0 Å². The van der Waals surface area contributed by atoms with Gasteiger partial charge in [-0.2, -0.15) is 15.0 Å². The number of hydrogen-bond acceptors (Lipinski definition) is 7. The van der Waals surface area contributed by atoms with Crippen molar-refractivity contribution in [3.8, 4) is 0 Å². The molecule has 0 aromatic carbocycles. The summed E-state index contributed by atoms with van der Waals surface area (Å²) in [6.07, 6.45) is 0. The molecule has 0 atom stereocenters. The second-order valence-corrected chi connectivity index (χ2v) is 6.23. The predicted octanol–water partition coefficient (Wildman–Crippen LogP) is 0.332. The lowest BCUT2D eigenvalue weighted by atomic mass is 10.5. The number of rotatable bonds is 8. The summed E-state index contributed by atoms with van der Waals surface area (Å²) in [6, 6.07) is 0. The van der Waals surface area contributed by atoms with Crippen molar-refractivity contribution in [2.45, 2.75) is 13.8 Å². The highest BCUT2D eigenvalue weighted by Crippen LogP contribution is 2.13. The maximum absolute atomic E-state index is 11.3. The van der Waals surface area contributed by atoms with Crippen LogP contribution in [0, 0.1) is 0 Å². The van der Waals surface area contributed by atoms with Gasteiger partial charge in [0.05, 0.1) is 5.75 Å². The molecule has 0 fully saturated rings. The Hall–Kier alpha value is -1.19. The lowest BCUT2D eigenvalue weighted by molar-refractivity contribution is 0.588. The van der Waals surface area contributed by atoms with Crippen LogP contribution in [0.3, 0.4) is 0 Å². The van der Waals surface area contributed by atoms with Crippen molar-refractivity contribution in [2.75, 3.05) is 42.7 Å². The standard InChI is InChI=1S/C10H19ClN6O2S/c1-4-17(5-2)10-15-8(11)14-9(16-10)13-6-7-20(18,19)12-3/h12H,4-7H2,1-3H3,(H,13,14,15,16). The molecule has 0 aliphatic rings. The Kier molecular flexibility index (Phi) is 6.37. The monoisotopic (exact) mass is 322 g/mol. The first-order chi connectivity index (χ1) is 9.41. The Bertz CT molecular complexity index is 535. The molecule has 0 bridgehead atoms. The molecule has 20 heavy (non-hydrogen) atoms. The molecule has 8 nitrogen and oxygen atoms in total. The van der Waals surface area contributed by atoms with E-state index in [2.05, 4.69) is 25.0 Å². The van der Waals surface area contributed by atoms with Crippen LogP contribution in [0.2, 0.25) is 5.28 Å². The normalized spacial score (nSPS) is 11.4. The average molecular weight is 323 g/mol. The average Bonchev–Trinajstić information content (AvgIpc) is 2.39. The molecule has 2 N–H and O–H groups in total. The van der Waals surface area contributed by atoms with Gasteiger partial charge in [0.15, 0.2) is 0 Å². The van der Waals surface area contributed by atoms with Gasteiger partial charge in [-0.1, -0.05) is 0 Å². The molecule has 0 aliphatic carbocycles. The highest BCUT2D eigenvalue weighted by Gasteiger charge is 2.11. The molecule has 1 heterocycles. The molecule has 0 saturated heterocycles. The van der Waals surface area contributed by atoms with Gasteiger partial charge in [-0.25, -0.2) is 13.1 Å². The van der Waals surface area contributed by atoms with E-state index >= 15 is 0 Å². The molecule has 0 spiro atoms. The number of sulfonamides is 1. The molecular formula is C10H19ClN6O2S. The fourth-order valence-corrected chi connectivity index (χ4v) is 2.20. The van der Waals surface area contributed by atoms with Crippen LogP contribution in [0.4, 0.5) is 11.9 Å². The predicted molar refractivity (Wildman–Crippen MR) is 79.7 cm³/mol. The first-order valence-corrected chi connectivity index (χ1v) is 8.26. The highest BCUT2D eigenvalue weighted by molar-refractivity contribution is 7.89. The zero-order chi connectivity index (χ0) is 15.2. The molecule has 1 rings (SSSR count). The van der Waals surface area contributed by atoms with Gasteiger partial charge >= 0.3 is 0 Å². The summed E-state index contributed by atoms with van der Waals surface area (Å²) in [4.78, 5) is 14.1. The number of anilines is 2. The van der Waals surface area contributed by atoms with E-state index in [1.165, 1.54) is 7.05 Å². The van der Waals surface area contributed by atoms with Gasteiger partial charge in [-0.05, 0) is 32.5 Å². The highest BCUT2D eigenvalue weighted by atomic mass is 35.5. The van der Waals surface area contributed by atoms with Crippen molar-refractivity contribution < 1.29 is 8.42 Å². The molecule has 0 radical (unpaired) electrons. The zero-order valence-corrected chi connectivity index (χ0v) is 13.3. The molecule has 1 aromatic rings. The number of nitrogens with zero attached hydrogens (tertiary/aromatic N) is 4. The van der Waals surface area contributed by atoms with Gasteiger partial charge in [0.2, 0.25) is 27.2 Å². The third-order valence-electron chi connectivity index (χ3n) is 2.61. The van der Waals surface area contributed by atoms with E-state index in [-0.39, 0.29) is 23.5 Å². The summed E-state index contributed by atoms with van der Waals surface area (Å²) < 4.78 is 24.8. The molecule has 114 valence electrons. The quantitative estimate of drug-likeness (QED) is 0.711. The van der Waals surface area contributed by atoms with E-state index in [4.69, 9.17) is 11.6 Å².